The van der Waals surface area contributed by atoms with E-state index in [2.05, 4.69) is 5.32 Å². The molecule has 0 spiro atoms. The van der Waals surface area contributed by atoms with Gasteiger partial charge in [0.1, 0.15) is 12.6 Å². The lowest BCUT2D eigenvalue weighted by Crippen LogP contribution is -2.53. The van der Waals surface area contributed by atoms with Gasteiger partial charge in [0.25, 0.3) is 10.0 Å². The zero-order valence-electron chi connectivity index (χ0n) is 24.6. The van der Waals surface area contributed by atoms with E-state index in [1.807, 2.05) is 68.4 Å². The Bertz CT molecular complexity index is 1690. The van der Waals surface area contributed by atoms with Gasteiger partial charge in [-0.1, -0.05) is 108 Å². The van der Waals surface area contributed by atoms with Crippen molar-refractivity contribution < 1.29 is 18.0 Å². The molecule has 0 unspecified atom stereocenters. The fourth-order valence-corrected chi connectivity index (χ4v) is 6.54. The first-order valence-corrected chi connectivity index (χ1v) is 16.5. The van der Waals surface area contributed by atoms with E-state index >= 15 is 0 Å². The summed E-state index contributed by atoms with van der Waals surface area (Å²) >= 11 is 12.5. The molecule has 0 fully saturated rings. The fraction of sp³-hybridized carbons (Fsp3) is 0.235. The van der Waals surface area contributed by atoms with Gasteiger partial charge in [0.2, 0.25) is 11.8 Å². The van der Waals surface area contributed by atoms with E-state index in [9.17, 15) is 18.0 Å². The Kier molecular flexibility index (Phi) is 11.4. The molecule has 2 amide bonds. The van der Waals surface area contributed by atoms with E-state index in [4.69, 9.17) is 23.2 Å². The van der Waals surface area contributed by atoms with Gasteiger partial charge in [0, 0.05) is 19.5 Å². The lowest BCUT2D eigenvalue weighted by atomic mass is 10.0. The van der Waals surface area contributed by atoms with E-state index in [1.165, 1.54) is 35.2 Å². The third-order valence-corrected chi connectivity index (χ3v) is 9.58. The second-order valence-corrected chi connectivity index (χ2v) is 13.1. The molecule has 1 atom stereocenters. The number of hydrogen-bond acceptors (Lipinski definition) is 4. The van der Waals surface area contributed by atoms with Crippen LogP contribution < -0.4 is 9.62 Å². The van der Waals surface area contributed by atoms with Crippen molar-refractivity contribution in [3.05, 3.63) is 130 Å². The molecule has 1 N–H and O–H groups in total. The van der Waals surface area contributed by atoms with Gasteiger partial charge in [-0.2, -0.15) is 0 Å². The molecular weight excluding hydrogens is 617 g/mol. The molecular formula is C34H35Cl2N3O4S. The second kappa shape index (κ2) is 15.2. The molecule has 10 heteroatoms. The topological polar surface area (TPSA) is 86.8 Å². The van der Waals surface area contributed by atoms with Gasteiger partial charge in [-0.3, -0.25) is 13.9 Å². The molecule has 4 rings (SSSR count). The molecule has 0 aliphatic heterocycles. The molecule has 0 radical (unpaired) electrons. The molecule has 0 aromatic heterocycles. The molecule has 4 aromatic carbocycles. The monoisotopic (exact) mass is 651 g/mol. The highest BCUT2D eigenvalue weighted by atomic mass is 35.5. The Morgan fingerprint density at radius 1 is 0.818 bits per heavy atom. The number of rotatable bonds is 13. The first kappa shape index (κ1) is 33.1. The summed E-state index contributed by atoms with van der Waals surface area (Å²) < 4.78 is 29.1. The van der Waals surface area contributed by atoms with E-state index in [-0.39, 0.29) is 39.5 Å². The Hall–Kier alpha value is -3.85. The minimum atomic E-state index is -4.23. The first-order valence-electron chi connectivity index (χ1n) is 14.3. The van der Waals surface area contributed by atoms with Crippen LogP contribution in [0.3, 0.4) is 0 Å². The lowest BCUT2D eigenvalue weighted by molar-refractivity contribution is -0.140. The van der Waals surface area contributed by atoms with Gasteiger partial charge in [0.15, 0.2) is 0 Å². The molecule has 4 aromatic rings. The highest BCUT2D eigenvalue weighted by molar-refractivity contribution is 7.92. The molecule has 0 aliphatic carbocycles. The van der Waals surface area contributed by atoms with Crippen molar-refractivity contribution in [1.29, 1.82) is 0 Å². The summed E-state index contributed by atoms with van der Waals surface area (Å²) in [6.45, 7) is 3.86. The number of anilines is 1. The predicted molar refractivity (Wildman–Crippen MR) is 176 cm³/mol. The summed E-state index contributed by atoms with van der Waals surface area (Å²) in [5, 5.41) is 3.33. The molecule has 0 bridgehead atoms. The van der Waals surface area contributed by atoms with Crippen molar-refractivity contribution in [3.8, 4) is 0 Å². The molecule has 0 aliphatic rings. The van der Waals surface area contributed by atoms with Crippen molar-refractivity contribution in [1.82, 2.24) is 10.2 Å². The fourth-order valence-electron chi connectivity index (χ4n) is 4.82. The van der Waals surface area contributed by atoms with Crippen molar-refractivity contribution >= 4 is 50.7 Å². The lowest BCUT2D eigenvalue weighted by Gasteiger charge is -2.34. The van der Waals surface area contributed by atoms with E-state index < -0.39 is 28.5 Å². The molecule has 7 nitrogen and oxygen atoms in total. The zero-order chi connectivity index (χ0) is 31.7. The summed E-state index contributed by atoms with van der Waals surface area (Å²) in [6, 6.07) is 28.4. The smallest absolute Gasteiger partial charge is 0.264 e. The summed E-state index contributed by atoms with van der Waals surface area (Å²) in [6.07, 6.45) is 0.961. The number of carbonyl (C=O) groups is 2. The Balaban J connectivity index is 1.81. The summed E-state index contributed by atoms with van der Waals surface area (Å²) in [5.74, 6) is -0.867. The predicted octanol–water partition coefficient (Wildman–Crippen LogP) is 6.66. The van der Waals surface area contributed by atoms with Crippen LogP contribution in [0.4, 0.5) is 5.69 Å². The van der Waals surface area contributed by atoms with Crippen molar-refractivity contribution in [2.75, 3.05) is 17.4 Å². The SMILES string of the molecule is CCCNC(=O)[C@@H](Cc1ccccc1)N(Cc1cccc(C)c1)C(=O)CN(c1ccc(Cl)c(Cl)c1)S(=O)(=O)c1ccccc1. The van der Waals surface area contributed by atoms with Crippen LogP contribution in [0.2, 0.25) is 10.0 Å². The van der Waals surface area contributed by atoms with Gasteiger partial charge >= 0.3 is 0 Å². The average Bonchev–Trinajstić information content (AvgIpc) is 3.02. The maximum absolute atomic E-state index is 14.4. The van der Waals surface area contributed by atoms with Crippen LogP contribution in [-0.4, -0.2) is 44.3 Å². The number of halogens is 2. The van der Waals surface area contributed by atoms with E-state index in [1.54, 1.807) is 18.2 Å². The Morgan fingerprint density at radius 3 is 2.11 bits per heavy atom. The molecule has 0 saturated carbocycles. The van der Waals surface area contributed by atoms with Crippen LogP contribution in [-0.2, 0) is 32.6 Å². The van der Waals surface area contributed by atoms with Crippen LogP contribution >= 0.6 is 23.2 Å². The molecule has 230 valence electrons. The third-order valence-electron chi connectivity index (χ3n) is 7.06. The van der Waals surface area contributed by atoms with Crippen LogP contribution in [0.5, 0.6) is 0 Å². The van der Waals surface area contributed by atoms with Gasteiger partial charge in [0.05, 0.1) is 20.6 Å². The number of carbonyl (C=O) groups excluding carboxylic acids is 2. The summed E-state index contributed by atoms with van der Waals surface area (Å²) in [5.41, 5.74) is 2.84. The zero-order valence-corrected chi connectivity index (χ0v) is 26.9. The largest absolute Gasteiger partial charge is 0.354 e. The van der Waals surface area contributed by atoms with Crippen molar-refractivity contribution in [3.63, 3.8) is 0 Å². The quantitative estimate of drug-likeness (QED) is 0.175. The standard InChI is InChI=1S/C34H35Cl2N3O4S/c1-3-19-37-34(41)32(21-26-12-6-4-7-13-26)38(23-27-14-10-11-25(2)20-27)33(40)24-39(28-17-18-30(35)31(36)22-28)44(42,43)29-15-8-5-9-16-29/h4-18,20,22,32H,3,19,21,23-24H2,1-2H3,(H,37,41)/t32-/m1/s1. The maximum atomic E-state index is 14.4. The Labute approximate surface area is 269 Å². The van der Waals surface area contributed by atoms with Crippen LogP contribution in [0.15, 0.2) is 108 Å². The normalized spacial score (nSPS) is 11.9. The first-order chi connectivity index (χ1) is 21.1. The van der Waals surface area contributed by atoms with Crippen molar-refractivity contribution in [2.45, 2.75) is 44.2 Å². The minimum Gasteiger partial charge on any atom is -0.354 e. The molecule has 0 saturated heterocycles. The average molecular weight is 653 g/mol. The minimum absolute atomic E-state index is 0.00521. The van der Waals surface area contributed by atoms with Crippen molar-refractivity contribution in [2.24, 2.45) is 0 Å². The molecule has 0 heterocycles. The van der Waals surface area contributed by atoms with Crippen LogP contribution in [0, 0.1) is 6.92 Å². The molecule has 44 heavy (non-hydrogen) atoms. The summed E-state index contributed by atoms with van der Waals surface area (Å²) in [7, 11) is -4.23. The number of sulfonamides is 1. The number of nitrogens with zero attached hydrogens (tertiary/aromatic N) is 2. The van der Waals surface area contributed by atoms with Gasteiger partial charge in [-0.25, -0.2) is 8.42 Å². The van der Waals surface area contributed by atoms with Crippen LogP contribution in [0.1, 0.15) is 30.0 Å². The van der Waals surface area contributed by atoms with Gasteiger partial charge < -0.3 is 10.2 Å². The van der Waals surface area contributed by atoms with E-state index in [0.717, 1.165) is 27.4 Å². The second-order valence-electron chi connectivity index (χ2n) is 10.4. The third kappa shape index (κ3) is 8.40. The highest BCUT2D eigenvalue weighted by Crippen LogP contribution is 2.31. The number of hydrogen-bond donors (Lipinski definition) is 1. The number of amides is 2. The number of benzene rings is 4. The van der Waals surface area contributed by atoms with Gasteiger partial charge in [-0.15, -0.1) is 0 Å². The Morgan fingerprint density at radius 2 is 1.48 bits per heavy atom. The maximum Gasteiger partial charge on any atom is 0.264 e. The highest BCUT2D eigenvalue weighted by Gasteiger charge is 2.34. The number of aryl methyl sites for hydroxylation is 1. The van der Waals surface area contributed by atoms with E-state index in [0.29, 0.717) is 6.54 Å². The van der Waals surface area contributed by atoms with Crippen LogP contribution in [0.25, 0.3) is 0 Å². The number of nitrogens with one attached hydrogen (secondary N) is 1. The van der Waals surface area contributed by atoms with Gasteiger partial charge in [-0.05, 0) is 54.8 Å². The summed E-state index contributed by atoms with van der Waals surface area (Å²) in [4.78, 5) is 29.6.